The predicted octanol–water partition coefficient (Wildman–Crippen LogP) is -1.33. The monoisotopic (exact) mass is 317 g/mol. The minimum Gasteiger partial charge on any atom is -0.391 e. The molecule has 1 saturated carbocycles. The summed E-state index contributed by atoms with van der Waals surface area (Å²) in [6.45, 7) is 0. The second-order valence-electron chi connectivity index (χ2n) is 5.33. The van der Waals surface area contributed by atoms with Crippen molar-refractivity contribution in [2.75, 3.05) is 0 Å². The molecule has 2 unspecified atom stereocenters. The van der Waals surface area contributed by atoms with Gasteiger partial charge in [0.15, 0.2) is 4.90 Å². The van der Waals surface area contributed by atoms with E-state index >= 15 is 0 Å². The lowest BCUT2D eigenvalue weighted by molar-refractivity contribution is 0.101. The Morgan fingerprint density at radius 3 is 2.48 bits per heavy atom. The Balaban J connectivity index is 2.41. The molecular formula is C12H19N3O5S. The quantitative estimate of drug-likeness (QED) is 0.717. The van der Waals surface area contributed by atoms with Gasteiger partial charge in [0.05, 0.1) is 6.10 Å². The van der Waals surface area contributed by atoms with Crippen molar-refractivity contribution in [1.82, 2.24) is 13.9 Å². The van der Waals surface area contributed by atoms with Crippen molar-refractivity contribution in [3.8, 4) is 0 Å². The molecule has 1 heterocycles. The zero-order valence-corrected chi connectivity index (χ0v) is 12.8. The molecule has 2 rings (SSSR count). The lowest BCUT2D eigenvalue weighted by Crippen LogP contribution is -2.48. The number of aryl methyl sites for hydroxylation is 1. The van der Waals surface area contributed by atoms with E-state index in [0.29, 0.717) is 12.8 Å². The minimum absolute atomic E-state index is 0.495. The highest BCUT2D eigenvalue weighted by atomic mass is 32.2. The Morgan fingerprint density at radius 1 is 1.24 bits per heavy atom. The fourth-order valence-corrected chi connectivity index (χ4v) is 3.94. The van der Waals surface area contributed by atoms with Crippen molar-refractivity contribution in [2.45, 2.75) is 42.7 Å². The van der Waals surface area contributed by atoms with Gasteiger partial charge in [0.2, 0.25) is 10.0 Å². The fraction of sp³-hybridized carbons (Fsp3) is 0.667. The van der Waals surface area contributed by atoms with Crippen LogP contribution in [-0.4, -0.2) is 34.8 Å². The predicted molar refractivity (Wildman–Crippen MR) is 75.5 cm³/mol. The summed E-state index contributed by atoms with van der Waals surface area (Å²) in [4.78, 5) is 23.1. The summed E-state index contributed by atoms with van der Waals surface area (Å²) < 4.78 is 28.8. The van der Waals surface area contributed by atoms with Crippen LogP contribution in [0.3, 0.4) is 0 Å². The third-order valence-electron chi connectivity index (χ3n) is 3.74. The zero-order chi connectivity index (χ0) is 15.8. The molecule has 0 aliphatic heterocycles. The van der Waals surface area contributed by atoms with Crippen LogP contribution >= 0.6 is 0 Å². The highest BCUT2D eigenvalue weighted by molar-refractivity contribution is 7.89. The van der Waals surface area contributed by atoms with E-state index < -0.39 is 38.3 Å². The highest BCUT2D eigenvalue weighted by Crippen LogP contribution is 2.19. The van der Waals surface area contributed by atoms with Gasteiger partial charge in [-0.15, -0.1) is 0 Å². The van der Waals surface area contributed by atoms with Crippen LogP contribution in [0.5, 0.6) is 0 Å². The number of aliphatic hydroxyl groups excluding tert-OH is 1. The van der Waals surface area contributed by atoms with E-state index in [1.165, 1.54) is 14.1 Å². The van der Waals surface area contributed by atoms with Gasteiger partial charge in [0, 0.05) is 26.3 Å². The first-order chi connectivity index (χ1) is 9.74. The summed E-state index contributed by atoms with van der Waals surface area (Å²) in [5.74, 6) is 0. The average Bonchev–Trinajstić information content (AvgIpc) is 2.42. The zero-order valence-electron chi connectivity index (χ0n) is 11.9. The van der Waals surface area contributed by atoms with Crippen LogP contribution in [0.15, 0.2) is 20.7 Å². The van der Waals surface area contributed by atoms with Gasteiger partial charge in [0.25, 0.3) is 5.56 Å². The van der Waals surface area contributed by atoms with Crippen LogP contribution in [0.2, 0.25) is 0 Å². The van der Waals surface area contributed by atoms with E-state index in [1.54, 1.807) is 0 Å². The normalized spacial score (nSPS) is 23.2. The molecule has 118 valence electrons. The van der Waals surface area contributed by atoms with Gasteiger partial charge in [-0.25, -0.2) is 17.9 Å². The van der Waals surface area contributed by atoms with Crippen molar-refractivity contribution < 1.29 is 13.5 Å². The first-order valence-electron chi connectivity index (χ1n) is 6.71. The number of hydrogen-bond donors (Lipinski definition) is 2. The van der Waals surface area contributed by atoms with Gasteiger partial charge in [-0.3, -0.25) is 9.36 Å². The van der Waals surface area contributed by atoms with Crippen LogP contribution in [0.25, 0.3) is 0 Å². The number of sulfonamides is 1. The van der Waals surface area contributed by atoms with E-state index in [1.807, 2.05) is 0 Å². The van der Waals surface area contributed by atoms with E-state index in [0.717, 1.165) is 28.2 Å². The molecule has 8 nitrogen and oxygen atoms in total. The Kier molecular flexibility index (Phi) is 4.35. The van der Waals surface area contributed by atoms with Crippen LogP contribution in [0.1, 0.15) is 25.7 Å². The summed E-state index contributed by atoms with van der Waals surface area (Å²) in [7, 11) is -1.50. The number of aliphatic hydroxyl groups is 1. The van der Waals surface area contributed by atoms with Gasteiger partial charge in [-0.1, -0.05) is 12.8 Å². The van der Waals surface area contributed by atoms with Gasteiger partial charge in [-0.05, 0) is 12.8 Å². The molecule has 0 spiro atoms. The Labute approximate surface area is 122 Å². The lowest BCUT2D eigenvalue weighted by Gasteiger charge is -2.27. The Hall–Kier alpha value is -1.45. The second kappa shape index (κ2) is 5.74. The van der Waals surface area contributed by atoms with E-state index in [4.69, 9.17) is 0 Å². The van der Waals surface area contributed by atoms with Crippen molar-refractivity contribution >= 4 is 10.0 Å². The Bertz CT molecular complexity index is 749. The summed E-state index contributed by atoms with van der Waals surface area (Å²) in [5, 5.41) is 9.84. The lowest BCUT2D eigenvalue weighted by atomic mass is 9.93. The molecule has 1 aliphatic carbocycles. The molecule has 0 aromatic carbocycles. The summed E-state index contributed by atoms with van der Waals surface area (Å²) in [6.07, 6.45) is 2.95. The molecule has 0 radical (unpaired) electrons. The number of nitrogens with zero attached hydrogens (tertiary/aromatic N) is 2. The van der Waals surface area contributed by atoms with Crippen molar-refractivity contribution in [3.63, 3.8) is 0 Å². The maximum absolute atomic E-state index is 12.3. The van der Waals surface area contributed by atoms with E-state index in [-0.39, 0.29) is 0 Å². The Morgan fingerprint density at radius 2 is 1.86 bits per heavy atom. The van der Waals surface area contributed by atoms with Crippen molar-refractivity contribution in [1.29, 1.82) is 0 Å². The molecule has 2 N–H and O–H groups in total. The molecule has 1 fully saturated rings. The van der Waals surface area contributed by atoms with Gasteiger partial charge in [0.1, 0.15) is 0 Å². The molecule has 9 heteroatoms. The van der Waals surface area contributed by atoms with Gasteiger partial charge in [-0.2, -0.15) is 0 Å². The largest absolute Gasteiger partial charge is 0.391 e. The van der Waals surface area contributed by atoms with Gasteiger partial charge < -0.3 is 9.67 Å². The summed E-state index contributed by atoms with van der Waals surface area (Å²) >= 11 is 0. The topological polar surface area (TPSA) is 110 Å². The van der Waals surface area contributed by atoms with Crippen LogP contribution < -0.4 is 16.0 Å². The standard InChI is InChI=1S/C12H19N3O5S/c1-14-7-10(11(17)15(2)12(14)18)21(19,20)13-8-5-3-4-6-9(8)16/h7-9,13,16H,3-6H2,1-2H3. The van der Waals surface area contributed by atoms with E-state index in [2.05, 4.69) is 4.72 Å². The molecule has 0 bridgehead atoms. The molecule has 0 saturated heterocycles. The number of nitrogens with one attached hydrogen (secondary N) is 1. The minimum atomic E-state index is -4.09. The third kappa shape index (κ3) is 3.09. The maximum atomic E-state index is 12.3. The molecule has 2 atom stereocenters. The maximum Gasteiger partial charge on any atom is 0.330 e. The smallest absolute Gasteiger partial charge is 0.330 e. The third-order valence-corrected chi connectivity index (χ3v) is 5.21. The number of aromatic nitrogens is 2. The van der Waals surface area contributed by atoms with Crippen LogP contribution in [0.4, 0.5) is 0 Å². The molecular weight excluding hydrogens is 298 g/mol. The van der Waals surface area contributed by atoms with Crippen molar-refractivity contribution in [2.24, 2.45) is 14.1 Å². The average molecular weight is 317 g/mol. The summed E-state index contributed by atoms with van der Waals surface area (Å²) in [5.41, 5.74) is -1.48. The molecule has 0 amide bonds. The number of hydrogen-bond acceptors (Lipinski definition) is 5. The number of rotatable bonds is 3. The van der Waals surface area contributed by atoms with Gasteiger partial charge >= 0.3 is 5.69 Å². The molecule has 1 aliphatic rings. The highest BCUT2D eigenvalue weighted by Gasteiger charge is 2.30. The molecule has 1 aromatic heterocycles. The summed E-state index contributed by atoms with van der Waals surface area (Å²) in [6, 6.07) is -0.606. The van der Waals surface area contributed by atoms with Crippen LogP contribution in [0, 0.1) is 0 Å². The van der Waals surface area contributed by atoms with Crippen LogP contribution in [-0.2, 0) is 24.1 Å². The molecule has 1 aromatic rings. The molecule has 21 heavy (non-hydrogen) atoms. The first-order valence-corrected chi connectivity index (χ1v) is 8.19. The SMILES string of the molecule is Cn1cc(S(=O)(=O)NC2CCCCC2O)c(=O)n(C)c1=O. The first kappa shape index (κ1) is 15.9. The van der Waals surface area contributed by atoms with E-state index in [9.17, 15) is 23.1 Å². The second-order valence-corrected chi connectivity index (χ2v) is 7.01. The fourth-order valence-electron chi connectivity index (χ4n) is 2.47. The van der Waals surface area contributed by atoms with Crippen molar-refractivity contribution in [3.05, 3.63) is 27.0 Å².